The van der Waals surface area contributed by atoms with Crippen LogP contribution in [0.5, 0.6) is 5.75 Å². The first kappa shape index (κ1) is 22.5. The molecule has 0 saturated carbocycles. The largest absolute Gasteiger partial charge is 0.491 e. The van der Waals surface area contributed by atoms with Gasteiger partial charge in [0.05, 0.1) is 18.9 Å². The van der Waals surface area contributed by atoms with Gasteiger partial charge in [0.2, 0.25) is 0 Å². The molecule has 1 aliphatic heterocycles. The van der Waals surface area contributed by atoms with Gasteiger partial charge in [0.25, 0.3) is 0 Å². The molecule has 1 unspecified atom stereocenters. The molecule has 6 heteroatoms. The quantitative estimate of drug-likeness (QED) is 0.493. The number of likely N-dealkylation sites (tertiary alicyclic amines) is 1. The Morgan fingerprint density at radius 3 is 2.68 bits per heavy atom. The normalized spacial score (nSPS) is 15.4. The number of benzene rings is 1. The number of carbonyl (C=O) groups is 1. The Labute approximate surface area is 169 Å². The number of ether oxygens (including phenoxy) is 3. The molecule has 1 amide bonds. The van der Waals surface area contributed by atoms with Gasteiger partial charge in [0.1, 0.15) is 11.9 Å². The number of hydrogen-bond donors (Lipinski definition) is 1. The van der Waals surface area contributed by atoms with Crippen molar-refractivity contribution in [1.29, 1.82) is 0 Å². The van der Waals surface area contributed by atoms with Crippen molar-refractivity contribution in [2.75, 3.05) is 44.8 Å². The molecule has 0 spiro atoms. The molecule has 0 radical (unpaired) electrons. The minimum Gasteiger partial charge on any atom is -0.491 e. The van der Waals surface area contributed by atoms with E-state index in [9.17, 15) is 4.79 Å². The zero-order chi connectivity index (χ0) is 20.0. The molecular formula is C22H36N2O4. The average Bonchev–Trinajstić information content (AvgIpc) is 3.20. The van der Waals surface area contributed by atoms with Gasteiger partial charge in [-0.25, -0.2) is 4.79 Å². The van der Waals surface area contributed by atoms with Crippen LogP contribution in [0, 0.1) is 0 Å². The Bertz CT molecular complexity index is 561. The molecule has 1 atom stereocenters. The SMILES string of the molecule is CCCCCCOc1ccccc1NC(=O)OC(COCC)CN1CCCC1. The zero-order valence-corrected chi connectivity index (χ0v) is 17.5. The van der Waals surface area contributed by atoms with Crippen LogP contribution in [0.15, 0.2) is 24.3 Å². The summed E-state index contributed by atoms with van der Waals surface area (Å²) in [5.74, 6) is 0.678. The highest BCUT2D eigenvalue weighted by Gasteiger charge is 2.21. The van der Waals surface area contributed by atoms with Gasteiger partial charge in [-0.15, -0.1) is 0 Å². The minimum atomic E-state index is -0.467. The van der Waals surface area contributed by atoms with Gasteiger partial charge < -0.3 is 14.2 Å². The molecule has 1 aliphatic rings. The van der Waals surface area contributed by atoms with E-state index in [0.717, 1.165) is 25.9 Å². The second-order valence-electron chi connectivity index (χ2n) is 7.22. The molecule has 0 bridgehead atoms. The van der Waals surface area contributed by atoms with Crippen LogP contribution in [0.1, 0.15) is 52.4 Å². The van der Waals surface area contributed by atoms with E-state index in [4.69, 9.17) is 14.2 Å². The molecule has 1 aromatic rings. The standard InChI is InChI=1S/C22H36N2O4/c1-3-5-6-11-16-27-21-13-8-7-12-20(21)23-22(25)28-19(18-26-4-2)17-24-14-9-10-15-24/h7-8,12-13,19H,3-6,9-11,14-18H2,1-2H3,(H,23,25). The van der Waals surface area contributed by atoms with Crippen molar-refractivity contribution >= 4 is 11.8 Å². The molecule has 0 aliphatic carbocycles. The Balaban J connectivity index is 1.85. The van der Waals surface area contributed by atoms with Crippen molar-refractivity contribution in [3.63, 3.8) is 0 Å². The number of unbranched alkanes of at least 4 members (excludes halogenated alkanes) is 3. The predicted octanol–water partition coefficient (Wildman–Crippen LogP) is 4.70. The van der Waals surface area contributed by atoms with Crippen molar-refractivity contribution in [1.82, 2.24) is 4.90 Å². The predicted molar refractivity (Wildman–Crippen MR) is 112 cm³/mol. The van der Waals surface area contributed by atoms with E-state index in [1.165, 1.54) is 25.7 Å². The number of anilines is 1. The summed E-state index contributed by atoms with van der Waals surface area (Å²) in [5.41, 5.74) is 0.638. The number of nitrogens with one attached hydrogen (secondary N) is 1. The van der Waals surface area contributed by atoms with Crippen LogP contribution >= 0.6 is 0 Å². The Morgan fingerprint density at radius 1 is 1.14 bits per heavy atom. The van der Waals surface area contributed by atoms with Gasteiger partial charge in [0, 0.05) is 13.2 Å². The summed E-state index contributed by atoms with van der Waals surface area (Å²) in [4.78, 5) is 14.8. The summed E-state index contributed by atoms with van der Waals surface area (Å²) in [7, 11) is 0. The lowest BCUT2D eigenvalue weighted by Crippen LogP contribution is -2.37. The molecule has 28 heavy (non-hydrogen) atoms. The fourth-order valence-electron chi connectivity index (χ4n) is 3.32. The Kier molecular flexibility index (Phi) is 10.8. The van der Waals surface area contributed by atoms with Crippen LogP contribution in [0.2, 0.25) is 0 Å². The number of hydrogen-bond acceptors (Lipinski definition) is 5. The highest BCUT2D eigenvalue weighted by atomic mass is 16.6. The van der Waals surface area contributed by atoms with E-state index in [1.54, 1.807) is 0 Å². The number of nitrogens with zero attached hydrogens (tertiary/aromatic N) is 1. The van der Waals surface area contributed by atoms with Crippen molar-refractivity contribution in [2.45, 2.75) is 58.5 Å². The van der Waals surface area contributed by atoms with Crippen molar-refractivity contribution in [2.24, 2.45) is 0 Å². The molecule has 6 nitrogen and oxygen atoms in total. The van der Waals surface area contributed by atoms with Gasteiger partial charge in [0.15, 0.2) is 0 Å². The van der Waals surface area contributed by atoms with Crippen LogP contribution in [-0.4, -0.2) is 56.6 Å². The zero-order valence-electron chi connectivity index (χ0n) is 17.5. The average molecular weight is 393 g/mol. The van der Waals surface area contributed by atoms with Gasteiger partial charge in [-0.3, -0.25) is 10.2 Å². The highest BCUT2D eigenvalue weighted by Crippen LogP contribution is 2.24. The van der Waals surface area contributed by atoms with Crippen LogP contribution in [-0.2, 0) is 9.47 Å². The van der Waals surface area contributed by atoms with Crippen molar-refractivity contribution < 1.29 is 19.0 Å². The monoisotopic (exact) mass is 392 g/mol. The summed E-state index contributed by atoms with van der Waals surface area (Å²) in [6.07, 6.45) is 6.25. The smallest absolute Gasteiger partial charge is 0.412 e. The first-order valence-electron chi connectivity index (χ1n) is 10.7. The van der Waals surface area contributed by atoms with Crippen molar-refractivity contribution in [3.05, 3.63) is 24.3 Å². The summed E-state index contributed by atoms with van der Waals surface area (Å²) < 4.78 is 17.0. The van der Waals surface area contributed by atoms with Crippen LogP contribution < -0.4 is 10.1 Å². The third-order valence-electron chi connectivity index (χ3n) is 4.82. The molecule has 2 rings (SSSR count). The number of amides is 1. The molecular weight excluding hydrogens is 356 g/mol. The summed E-state index contributed by atoms with van der Waals surface area (Å²) in [5, 5.41) is 2.83. The second kappa shape index (κ2) is 13.4. The third kappa shape index (κ3) is 8.48. The highest BCUT2D eigenvalue weighted by molar-refractivity contribution is 5.86. The summed E-state index contributed by atoms with van der Waals surface area (Å²) in [6, 6.07) is 7.49. The van der Waals surface area contributed by atoms with E-state index in [1.807, 2.05) is 31.2 Å². The van der Waals surface area contributed by atoms with E-state index in [-0.39, 0.29) is 6.10 Å². The lowest BCUT2D eigenvalue weighted by atomic mass is 10.2. The Morgan fingerprint density at radius 2 is 1.93 bits per heavy atom. The molecule has 1 heterocycles. The maximum atomic E-state index is 12.5. The van der Waals surface area contributed by atoms with Crippen LogP contribution in [0.4, 0.5) is 10.5 Å². The van der Waals surface area contributed by atoms with Crippen molar-refractivity contribution in [3.8, 4) is 5.75 Å². The van der Waals surface area contributed by atoms with E-state index >= 15 is 0 Å². The summed E-state index contributed by atoms with van der Waals surface area (Å²) >= 11 is 0. The van der Waals surface area contributed by atoms with E-state index < -0.39 is 6.09 Å². The van der Waals surface area contributed by atoms with Crippen LogP contribution in [0.25, 0.3) is 0 Å². The minimum absolute atomic E-state index is 0.278. The van der Waals surface area contributed by atoms with E-state index in [2.05, 4.69) is 17.1 Å². The van der Waals surface area contributed by atoms with Gasteiger partial charge in [-0.2, -0.15) is 0 Å². The lowest BCUT2D eigenvalue weighted by Gasteiger charge is -2.23. The van der Waals surface area contributed by atoms with Crippen LogP contribution in [0.3, 0.4) is 0 Å². The molecule has 1 aromatic carbocycles. The fraction of sp³-hybridized carbons (Fsp3) is 0.682. The molecule has 1 fully saturated rings. The summed E-state index contributed by atoms with van der Waals surface area (Å²) in [6.45, 7) is 8.63. The number of para-hydroxylation sites is 2. The first-order valence-corrected chi connectivity index (χ1v) is 10.7. The number of rotatable bonds is 13. The Hall–Kier alpha value is -1.79. The lowest BCUT2D eigenvalue weighted by molar-refractivity contribution is 0.0144. The number of carbonyl (C=O) groups excluding carboxylic acids is 1. The maximum Gasteiger partial charge on any atom is 0.412 e. The molecule has 0 aromatic heterocycles. The molecule has 158 valence electrons. The fourth-order valence-corrected chi connectivity index (χ4v) is 3.32. The molecule has 1 saturated heterocycles. The first-order chi connectivity index (χ1) is 13.7. The van der Waals surface area contributed by atoms with Gasteiger partial charge >= 0.3 is 6.09 Å². The molecule has 1 N–H and O–H groups in total. The second-order valence-corrected chi connectivity index (χ2v) is 7.22. The maximum absolute atomic E-state index is 12.5. The van der Waals surface area contributed by atoms with Gasteiger partial charge in [-0.05, 0) is 51.4 Å². The van der Waals surface area contributed by atoms with Gasteiger partial charge in [-0.1, -0.05) is 38.3 Å². The van der Waals surface area contributed by atoms with E-state index in [0.29, 0.717) is 37.8 Å². The third-order valence-corrected chi connectivity index (χ3v) is 4.82. The topological polar surface area (TPSA) is 60.0 Å².